The highest BCUT2D eigenvalue weighted by molar-refractivity contribution is 5.77. The van der Waals surface area contributed by atoms with Crippen LogP contribution in [0.1, 0.15) is 11.1 Å². The Labute approximate surface area is 88.3 Å². The zero-order valence-corrected chi connectivity index (χ0v) is 8.83. The summed E-state index contributed by atoms with van der Waals surface area (Å²) in [6.45, 7) is 4.04. The summed E-state index contributed by atoms with van der Waals surface area (Å²) in [6.07, 6.45) is 1.71. The quantitative estimate of drug-likeness (QED) is 0.617. The van der Waals surface area contributed by atoms with Crippen molar-refractivity contribution in [1.82, 2.24) is 10.2 Å². The third kappa shape index (κ3) is 1.54. The molecule has 0 aliphatic carbocycles. The molecule has 0 aliphatic rings. The van der Waals surface area contributed by atoms with Crippen molar-refractivity contribution in [3.8, 4) is 11.1 Å². The standard InChI is InChI=1S/C11H14N4/c1-6-3-8(4-10(12)7(6)2)9-5-14-15-11(9)13/h3-5H,12H2,1-2H3,(H3,13,14,15). The summed E-state index contributed by atoms with van der Waals surface area (Å²) in [5.74, 6) is 0.567. The van der Waals surface area contributed by atoms with Gasteiger partial charge >= 0.3 is 0 Å². The van der Waals surface area contributed by atoms with Gasteiger partial charge in [-0.2, -0.15) is 5.10 Å². The smallest absolute Gasteiger partial charge is 0.126 e. The molecule has 5 N–H and O–H groups in total. The molecular formula is C11H14N4. The molecule has 4 heteroatoms. The fourth-order valence-electron chi connectivity index (χ4n) is 1.57. The van der Waals surface area contributed by atoms with Gasteiger partial charge in [-0.05, 0) is 36.6 Å². The average molecular weight is 202 g/mol. The Hall–Kier alpha value is -1.97. The second kappa shape index (κ2) is 3.31. The van der Waals surface area contributed by atoms with Crippen LogP contribution in [0.15, 0.2) is 18.3 Å². The van der Waals surface area contributed by atoms with Crippen LogP contribution in [0.2, 0.25) is 0 Å². The monoisotopic (exact) mass is 202 g/mol. The first kappa shape index (κ1) is 9.58. The zero-order valence-electron chi connectivity index (χ0n) is 8.83. The van der Waals surface area contributed by atoms with Gasteiger partial charge in [-0.3, -0.25) is 5.10 Å². The van der Waals surface area contributed by atoms with E-state index in [2.05, 4.69) is 16.3 Å². The Morgan fingerprint density at radius 3 is 2.47 bits per heavy atom. The van der Waals surface area contributed by atoms with Crippen LogP contribution < -0.4 is 11.5 Å². The van der Waals surface area contributed by atoms with E-state index >= 15 is 0 Å². The minimum Gasteiger partial charge on any atom is -0.398 e. The summed E-state index contributed by atoms with van der Waals surface area (Å²) in [4.78, 5) is 0. The lowest BCUT2D eigenvalue weighted by Crippen LogP contribution is -1.94. The highest BCUT2D eigenvalue weighted by Gasteiger charge is 2.07. The SMILES string of the molecule is Cc1cc(-c2cn[nH]c2N)cc(N)c1C. The van der Waals surface area contributed by atoms with Crippen molar-refractivity contribution < 1.29 is 0 Å². The molecule has 0 spiro atoms. The van der Waals surface area contributed by atoms with E-state index in [-0.39, 0.29) is 0 Å². The third-order valence-corrected chi connectivity index (χ3v) is 2.69. The molecule has 0 saturated carbocycles. The van der Waals surface area contributed by atoms with Crippen LogP contribution in [0.4, 0.5) is 11.5 Å². The van der Waals surface area contributed by atoms with Crippen molar-refractivity contribution in [2.24, 2.45) is 0 Å². The number of nitrogen functional groups attached to an aromatic ring is 2. The Kier molecular flexibility index (Phi) is 2.11. The normalized spacial score (nSPS) is 10.5. The van der Waals surface area contributed by atoms with Gasteiger partial charge in [0.1, 0.15) is 5.82 Å². The Bertz CT molecular complexity index is 476. The van der Waals surface area contributed by atoms with E-state index < -0.39 is 0 Å². The van der Waals surface area contributed by atoms with Crippen LogP contribution in [0, 0.1) is 13.8 Å². The van der Waals surface area contributed by atoms with Crippen molar-refractivity contribution in [3.05, 3.63) is 29.5 Å². The number of benzene rings is 1. The number of nitrogens with zero attached hydrogens (tertiary/aromatic N) is 1. The summed E-state index contributed by atoms with van der Waals surface area (Å²) in [6, 6.07) is 3.98. The maximum absolute atomic E-state index is 5.91. The van der Waals surface area contributed by atoms with Crippen LogP contribution in [0.5, 0.6) is 0 Å². The van der Waals surface area contributed by atoms with Gasteiger partial charge in [-0.25, -0.2) is 0 Å². The van der Waals surface area contributed by atoms with Gasteiger partial charge in [0.05, 0.1) is 6.20 Å². The van der Waals surface area contributed by atoms with Crippen molar-refractivity contribution in [2.45, 2.75) is 13.8 Å². The van der Waals surface area contributed by atoms with E-state index in [0.29, 0.717) is 5.82 Å². The van der Waals surface area contributed by atoms with Crippen molar-refractivity contribution in [1.29, 1.82) is 0 Å². The predicted molar refractivity (Wildman–Crippen MR) is 62.3 cm³/mol. The highest BCUT2D eigenvalue weighted by Crippen LogP contribution is 2.28. The van der Waals surface area contributed by atoms with Crippen molar-refractivity contribution in [2.75, 3.05) is 11.5 Å². The lowest BCUT2D eigenvalue weighted by molar-refractivity contribution is 1.10. The van der Waals surface area contributed by atoms with Gasteiger partial charge in [0.15, 0.2) is 0 Å². The number of hydrogen-bond donors (Lipinski definition) is 3. The van der Waals surface area contributed by atoms with E-state index in [9.17, 15) is 0 Å². The van der Waals surface area contributed by atoms with Gasteiger partial charge < -0.3 is 11.5 Å². The van der Waals surface area contributed by atoms with Crippen LogP contribution in [0.3, 0.4) is 0 Å². The molecule has 2 rings (SSSR count). The molecule has 0 radical (unpaired) electrons. The lowest BCUT2D eigenvalue weighted by Gasteiger charge is -2.07. The van der Waals surface area contributed by atoms with E-state index in [4.69, 9.17) is 11.5 Å². The first-order valence-corrected chi connectivity index (χ1v) is 4.75. The Balaban J connectivity index is 2.60. The van der Waals surface area contributed by atoms with Crippen molar-refractivity contribution in [3.63, 3.8) is 0 Å². The molecule has 0 saturated heterocycles. The molecule has 78 valence electrons. The third-order valence-electron chi connectivity index (χ3n) is 2.69. The van der Waals surface area contributed by atoms with Crippen LogP contribution in [0.25, 0.3) is 11.1 Å². The second-order valence-corrected chi connectivity index (χ2v) is 3.70. The number of nitrogens with one attached hydrogen (secondary N) is 1. The average Bonchev–Trinajstić information content (AvgIpc) is 2.60. The molecule has 0 atom stereocenters. The second-order valence-electron chi connectivity index (χ2n) is 3.70. The predicted octanol–water partition coefficient (Wildman–Crippen LogP) is 1.86. The molecule has 0 fully saturated rings. The molecule has 0 unspecified atom stereocenters. The molecule has 2 aromatic rings. The van der Waals surface area contributed by atoms with Gasteiger partial charge in [0, 0.05) is 11.3 Å². The minimum absolute atomic E-state index is 0.567. The summed E-state index contributed by atoms with van der Waals surface area (Å²) >= 11 is 0. The largest absolute Gasteiger partial charge is 0.398 e. The Morgan fingerprint density at radius 1 is 1.20 bits per heavy atom. The van der Waals surface area contributed by atoms with E-state index in [0.717, 1.165) is 27.9 Å². The van der Waals surface area contributed by atoms with E-state index in [1.807, 2.05) is 19.9 Å². The summed E-state index contributed by atoms with van der Waals surface area (Å²) in [5.41, 5.74) is 16.6. The number of hydrogen-bond acceptors (Lipinski definition) is 3. The molecule has 1 aromatic carbocycles. The highest BCUT2D eigenvalue weighted by atomic mass is 15.1. The molecular weight excluding hydrogens is 188 g/mol. The summed E-state index contributed by atoms with van der Waals surface area (Å²) in [7, 11) is 0. The topological polar surface area (TPSA) is 80.7 Å². The minimum atomic E-state index is 0.567. The van der Waals surface area contributed by atoms with Crippen LogP contribution in [-0.4, -0.2) is 10.2 Å². The van der Waals surface area contributed by atoms with Gasteiger partial charge in [0.2, 0.25) is 0 Å². The molecule has 1 heterocycles. The lowest BCUT2D eigenvalue weighted by atomic mass is 10.0. The number of aryl methyl sites for hydroxylation is 1. The first-order valence-electron chi connectivity index (χ1n) is 4.75. The van der Waals surface area contributed by atoms with E-state index in [1.54, 1.807) is 6.20 Å². The summed E-state index contributed by atoms with van der Waals surface area (Å²) < 4.78 is 0. The Morgan fingerprint density at radius 2 is 1.93 bits per heavy atom. The molecule has 4 nitrogen and oxygen atoms in total. The molecule has 0 amide bonds. The van der Waals surface area contributed by atoms with Gasteiger partial charge in [-0.1, -0.05) is 6.07 Å². The number of aromatic amines is 1. The summed E-state index contributed by atoms with van der Waals surface area (Å²) in [5, 5.41) is 6.60. The molecule has 15 heavy (non-hydrogen) atoms. The fraction of sp³-hybridized carbons (Fsp3) is 0.182. The van der Waals surface area contributed by atoms with Crippen LogP contribution in [-0.2, 0) is 0 Å². The van der Waals surface area contributed by atoms with Gasteiger partial charge in [-0.15, -0.1) is 0 Å². The fourth-order valence-corrected chi connectivity index (χ4v) is 1.57. The van der Waals surface area contributed by atoms with E-state index in [1.165, 1.54) is 0 Å². The molecule has 1 aromatic heterocycles. The maximum atomic E-state index is 5.91. The van der Waals surface area contributed by atoms with Crippen LogP contribution >= 0.6 is 0 Å². The van der Waals surface area contributed by atoms with Gasteiger partial charge in [0.25, 0.3) is 0 Å². The number of aromatic nitrogens is 2. The number of anilines is 2. The first-order chi connectivity index (χ1) is 7.09. The number of nitrogens with two attached hydrogens (primary N) is 2. The molecule has 0 aliphatic heterocycles. The van der Waals surface area contributed by atoms with Crippen molar-refractivity contribution >= 4 is 11.5 Å². The molecule has 0 bridgehead atoms. The zero-order chi connectivity index (χ0) is 11.0. The number of rotatable bonds is 1. The number of H-pyrrole nitrogens is 1. The maximum Gasteiger partial charge on any atom is 0.126 e.